The Kier molecular flexibility index (Phi) is 8.68. The lowest BCUT2D eigenvalue weighted by Crippen LogP contribution is -2.19. The van der Waals surface area contributed by atoms with Gasteiger partial charge in [-0.1, -0.05) is 91.3 Å². The Labute approximate surface area is 309 Å². The van der Waals surface area contributed by atoms with Gasteiger partial charge in [0.05, 0.1) is 28.1 Å². The van der Waals surface area contributed by atoms with Gasteiger partial charge in [0.2, 0.25) is 0 Å². The Balaban J connectivity index is 1.43. The van der Waals surface area contributed by atoms with Gasteiger partial charge >= 0.3 is 0 Å². The second-order valence-corrected chi connectivity index (χ2v) is 17.0. The van der Waals surface area contributed by atoms with Crippen molar-refractivity contribution in [1.82, 2.24) is 19.3 Å². The summed E-state index contributed by atoms with van der Waals surface area (Å²) in [5.74, 6) is 2.74. The van der Waals surface area contributed by atoms with E-state index in [0.29, 0.717) is 0 Å². The summed E-state index contributed by atoms with van der Waals surface area (Å²) in [5.41, 5.74) is 13.8. The Hall–Kier alpha value is -5.16. The highest BCUT2D eigenvalue weighted by Gasteiger charge is 2.35. The van der Waals surface area contributed by atoms with Gasteiger partial charge in [-0.05, 0) is 104 Å². The Morgan fingerprint density at radius 3 is 1.98 bits per heavy atom. The predicted molar refractivity (Wildman–Crippen MR) is 218 cm³/mol. The van der Waals surface area contributed by atoms with Gasteiger partial charge < -0.3 is 4.74 Å². The van der Waals surface area contributed by atoms with E-state index >= 15 is 0 Å². The SMILES string of the molecule is Cc1ccnc(-n2c3ccccc3c3ccc(Oc4cc(C(C)C)cc(-n5nc(C(C)(C)C)c(-c6c(C)cc(C)cc6C)c5C(C)(C)C)c4)cc32)c1. The van der Waals surface area contributed by atoms with E-state index in [1.807, 2.05) is 12.3 Å². The first-order valence-electron chi connectivity index (χ1n) is 18.5. The first-order chi connectivity index (χ1) is 24.5. The highest BCUT2D eigenvalue weighted by molar-refractivity contribution is 6.09. The molecule has 52 heavy (non-hydrogen) atoms. The maximum Gasteiger partial charge on any atom is 0.137 e. The van der Waals surface area contributed by atoms with Gasteiger partial charge in [-0.15, -0.1) is 0 Å². The molecule has 7 aromatic rings. The average molecular weight is 689 g/mol. The van der Waals surface area contributed by atoms with Gasteiger partial charge in [0.15, 0.2) is 0 Å². The summed E-state index contributed by atoms with van der Waals surface area (Å²) in [6.07, 6.45) is 1.88. The normalized spacial score (nSPS) is 12.4. The molecule has 266 valence electrons. The van der Waals surface area contributed by atoms with E-state index in [2.05, 4.69) is 171 Å². The molecule has 0 saturated heterocycles. The molecular weight excluding hydrogens is 637 g/mol. The topological polar surface area (TPSA) is 44.9 Å². The van der Waals surface area contributed by atoms with E-state index in [4.69, 9.17) is 14.8 Å². The summed E-state index contributed by atoms with van der Waals surface area (Å²) in [6, 6.07) is 30.3. The molecular formula is C47H52N4O. The summed E-state index contributed by atoms with van der Waals surface area (Å²) in [5, 5.41) is 7.87. The second-order valence-electron chi connectivity index (χ2n) is 17.0. The monoisotopic (exact) mass is 688 g/mol. The Morgan fingerprint density at radius 1 is 0.635 bits per heavy atom. The van der Waals surface area contributed by atoms with Crippen LogP contribution in [0.5, 0.6) is 11.5 Å². The number of nitrogens with zero attached hydrogens (tertiary/aromatic N) is 4. The zero-order chi connectivity index (χ0) is 37.3. The molecule has 0 radical (unpaired) electrons. The van der Waals surface area contributed by atoms with Crippen LogP contribution in [-0.4, -0.2) is 19.3 Å². The van der Waals surface area contributed by atoms with Crippen molar-refractivity contribution in [2.45, 2.75) is 99.8 Å². The number of hydrogen-bond acceptors (Lipinski definition) is 3. The molecule has 0 bridgehead atoms. The van der Waals surface area contributed by atoms with E-state index in [-0.39, 0.29) is 16.7 Å². The van der Waals surface area contributed by atoms with Crippen molar-refractivity contribution in [3.63, 3.8) is 0 Å². The van der Waals surface area contributed by atoms with Crippen LogP contribution in [-0.2, 0) is 10.8 Å². The summed E-state index contributed by atoms with van der Waals surface area (Å²) in [4.78, 5) is 4.78. The molecule has 0 aliphatic rings. The largest absolute Gasteiger partial charge is 0.457 e. The van der Waals surface area contributed by atoms with Gasteiger partial charge in [0, 0.05) is 45.5 Å². The van der Waals surface area contributed by atoms with Gasteiger partial charge in [-0.3, -0.25) is 4.57 Å². The number of para-hydroxylation sites is 1. The molecule has 0 N–H and O–H groups in total. The summed E-state index contributed by atoms with van der Waals surface area (Å²) >= 11 is 0. The van der Waals surface area contributed by atoms with Gasteiger partial charge in [0.25, 0.3) is 0 Å². The van der Waals surface area contributed by atoms with Crippen LogP contribution in [0.3, 0.4) is 0 Å². The lowest BCUT2D eigenvalue weighted by atomic mass is 9.79. The number of ether oxygens (including phenoxy) is 1. The average Bonchev–Trinajstić information content (AvgIpc) is 3.61. The van der Waals surface area contributed by atoms with E-state index in [1.54, 1.807) is 0 Å². The number of benzene rings is 4. The van der Waals surface area contributed by atoms with Gasteiger partial charge in [-0.25, -0.2) is 9.67 Å². The molecule has 3 heterocycles. The molecule has 0 aliphatic heterocycles. The fourth-order valence-corrected chi connectivity index (χ4v) is 7.79. The van der Waals surface area contributed by atoms with Crippen molar-refractivity contribution in [2.75, 3.05) is 0 Å². The molecule has 0 atom stereocenters. The third-order valence-electron chi connectivity index (χ3n) is 10.1. The highest BCUT2D eigenvalue weighted by atomic mass is 16.5. The van der Waals surface area contributed by atoms with E-state index in [1.165, 1.54) is 50.0 Å². The summed E-state index contributed by atoms with van der Waals surface area (Å²) in [7, 11) is 0. The van der Waals surface area contributed by atoms with Crippen molar-refractivity contribution < 1.29 is 4.74 Å². The maximum absolute atomic E-state index is 6.84. The van der Waals surface area contributed by atoms with Crippen LogP contribution in [0.15, 0.2) is 91.1 Å². The number of hydrogen-bond donors (Lipinski definition) is 0. The molecule has 3 aromatic heterocycles. The number of aromatic nitrogens is 4. The molecule has 7 rings (SSSR count). The van der Waals surface area contributed by atoms with Crippen LogP contribution in [0.25, 0.3) is 44.4 Å². The van der Waals surface area contributed by atoms with Crippen LogP contribution in [0.1, 0.15) is 101 Å². The molecule has 5 nitrogen and oxygen atoms in total. The first-order valence-corrected chi connectivity index (χ1v) is 18.5. The van der Waals surface area contributed by atoms with Crippen LogP contribution >= 0.6 is 0 Å². The van der Waals surface area contributed by atoms with E-state index in [0.717, 1.165) is 45.1 Å². The minimum absolute atomic E-state index is 0.181. The number of pyridine rings is 1. The standard InChI is InChI=1S/C47H52N4O/c1-28(2)33-24-34(51-45(47(10,11)12)43(44(49-51)46(7,8)9)42-31(5)21-30(4)22-32(42)6)26-36(25-33)52-35-17-18-38-37-15-13-14-16-39(37)50(40(38)27-35)41-23-29(3)19-20-48-41/h13-28H,1-12H3. The zero-order valence-corrected chi connectivity index (χ0v) is 32.9. The third kappa shape index (κ3) is 6.31. The summed E-state index contributed by atoms with van der Waals surface area (Å²) in [6.45, 7) is 27.0. The van der Waals surface area contributed by atoms with Crippen molar-refractivity contribution in [2.24, 2.45) is 0 Å². The minimum Gasteiger partial charge on any atom is -0.457 e. The van der Waals surface area contributed by atoms with E-state index in [9.17, 15) is 0 Å². The maximum atomic E-state index is 6.84. The lowest BCUT2D eigenvalue weighted by Gasteiger charge is -2.26. The second kappa shape index (κ2) is 12.8. The van der Waals surface area contributed by atoms with Crippen molar-refractivity contribution in [3.8, 4) is 34.1 Å². The molecule has 5 heteroatoms. The zero-order valence-electron chi connectivity index (χ0n) is 32.9. The van der Waals surface area contributed by atoms with Crippen LogP contribution in [0, 0.1) is 27.7 Å². The first kappa shape index (κ1) is 35.3. The Bertz CT molecular complexity index is 2460. The fraction of sp³-hybridized carbons (Fsp3) is 0.319. The Morgan fingerprint density at radius 2 is 1.33 bits per heavy atom. The molecule has 0 amide bonds. The summed E-state index contributed by atoms with van der Waals surface area (Å²) < 4.78 is 11.3. The molecule has 0 saturated carbocycles. The quantitative estimate of drug-likeness (QED) is 0.175. The van der Waals surface area contributed by atoms with Crippen molar-refractivity contribution in [1.29, 1.82) is 0 Å². The van der Waals surface area contributed by atoms with Crippen molar-refractivity contribution >= 4 is 21.8 Å². The van der Waals surface area contributed by atoms with Crippen LogP contribution in [0.2, 0.25) is 0 Å². The van der Waals surface area contributed by atoms with Gasteiger partial charge in [-0.2, -0.15) is 5.10 Å². The highest BCUT2D eigenvalue weighted by Crippen LogP contribution is 2.45. The number of aryl methyl sites for hydroxylation is 4. The van der Waals surface area contributed by atoms with Crippen molar-refractivity contribution in [3.05, 3.63) is 130 Å². The van der Waals surface area contributed by atoms with Crippen LogP contribution in [0.4, 0.5) is 0 Å². The molecule has 0 fully saturated rings. The van der Waals surface area contributed by atoms with Gasteiger partial charge in [0.1, 0.15) is 17.3 Å². The number of rotatable bonds is 6. The molecule has 0 unspecified atom stereocenters. The van der Waals surface area contributed by atoms with E-state index < -0.39 is 0 Å². The third-order valence-corrected chi connectivity index (χ3v) is 10.1. The molecule has 0 aliphatic carbocycles. The van der Waals surface area contributed by atoms with Crippen LogP contribution < -0.4 is 4.74 Å². The smallest absolute Gasteiger partial charge is 0.137 e. The predicted octanol–water partition coefficient (Wildman–Crippen LogP) is 12.8. The fourth-order valence-electron chi connectivity index (χ4n) is 7.79. The number of fused-ring (bicyclic) bond motifs is 3. The lowest BCUT2D eigenvalue weighted by molar-refractivity contribution is 0.480. The molecule has 0 spiro atoms. The minimum atomic E-state index is -0.202. The molecule has 4 aromatic carbocycles.